The van der Waals surface area contributed by atoms with Crippen molar-refractivity contribution in [2.24, 2.45) is 0 Å². The van der Waals surface area contributed by atoms with Gasteiger partial charge < -0.3 is 5.32 Å². The van der Waals surface area contributed by atoms with Crippen LogP contribution in [0.3, 0.4) is 0 Å². The molecule has 21 heavy (non-hydrogen) atoms. The van der Waals surface area contributed by atoms with Crippen LogP contribution in [0.1, 0.15) is 20.7 Å². The van der Waals surface area contributed by atoms with Gasteiger partial charge in [0.15, 0.2) is 0 Å². The van der Waals surface area contributed by atoms with Crippen molar-refractivity contribution in [3.63, 3.8) is 0 Å². The van der Waals surface area contributed by atoms with Gasteiger partial charge in [0, 0.05) is 22.2 Å². The number of benzene rings is 3. The van der Waals surface area contributed by atoms with Crippen molar-refractivity contribution in [2.75, 3.05) is 5.32 Å². The summed E-state index contributed by atoms with van der Waals surface area (Å²) in [6.45, 7) is 0. The Kier molecular flexibility index (Phi) is 3.48. The van der Waals surface area contributed by atoms with Gasteiger partial charge in [-0.1, -0.05) is 42.5 Å². The molecule has 0 atom stereocenters. The lowest BCUT2D eigenvalue weighted by Crippen LogP contribution is -2.12. The molecule has 0 unspecified atom stereocenters. The first kappa shape index (κ1) is 13.1. The zero-order chi connectivity index (χ0) is 14.7. The molecule has 0 aromatic heterocycles. The third-order valence-electron chi connectivity index (χ3n) is 3.30. The molecule has 3 rings (SSSR count). The molecule has 102 valence electrons. The molecule has 0 saturated carbocycles. The van der Waals surface area contributed by atoms with E-state index in [9.17, 15) is 9.59 Å². The summed E-state index contributed by atoms with van der Waals surface area (Å²) in [4.78, 5) is 23.3. The van der Waals surface area contributed by atoms with Crippen molar-refractivity contribution in [2.45, 2.75) is 0 Å². The second-order valence-electron chi connectivity index (χ2n) is 4.73. The number of rotatable bonds is 3. The molecule has 0 aliphatic heterocycles. The van der Waals surface area contributed by atoms with E-state index in [1.165, 1.54) is 0 Å². The fraction of sp³-hybridized carbons (Fsp3) is 0. The van der Waals surface area contributed by atoms with Crippen LogP contribution in [0.2, 0.25) is 0 Å². The van der Waals surface area contributed by atoms with Gasteiger partial charge in [-0.2, -0.15) is 0 Å². The normalized spacial score (nSPS) is 10.3. The van der Waals surface area contributed by atoms with Crippen molar-refractivity contribution in [3.05, 3.63) is 77.9 Å². The SMILES string of the molecule is O=Cc1cc(NC(=O)c2ccccc2)c2ccccc2c1. The van der Waals surface area contributed by atoms with Crippen LogP contribution in [0.15, 0.2) is 66.7 Å². The maximum Gasteiger partial charge on any atom is 0.255 e. The molecule has 0 fully saturated rings. The molecule has 3 heteroatoms. The second kappa shape index (κ2) is 5.59. The molecule has 0 bridgehead atoms. The van der Waals surface area contributed by atoms with Crippen LogP contribution in [-0.4, -0.2) is 12.2 Å². The lowest BCUT2D eigenvalue weighted by atomic mass is 10.0. The van der Waals surface area contributed by atoms with Crippen molar-refractivity contribution >= 4 is 28.7 Å². The highest BCUT2D eigenvalue weighted by molar-refractivity contribution is 6.10. The van der Waals surface area contributed by atoms with E-state index in [0.717, 1.165) is 17.1 Å². The van der Waals surface area contributed by atoms with Crippen LogP contribution < -0.4 is 5.32 Å². The molecular formula is C18H13NO2. The zero-order valence-electron chi connectivity index (χ0n) is 11.2. The first-order valence-corrected chi connectivity index (χ1v) is 6.62. The highest BCUT2D eigenvalue weighted by Crippen LogP contribution is 2.25. The molecular weight excluding hydrogens is 262 g/mol. The molecule has 0 aliphatic rings. The Labute approximate surface area is 122 Å². The number of anilines is 1. The summed E-state index contributed by atoms with van der Waals surface area (Å²) in [6, 6.07) is 20.1. The summed E-state index contributed by atoms with van der Waals surface area (Å²) >= 11 is 0. The van der Waals surface area contributed by atoms with E-state index in [-0.39, 0.29) is 5.91 Å². The summed E-state index contributed by atoms with van der Waals surface area (Å²) in [7, 11) is 0. The van der Waals surface area contributed by atoms with Crippen LogP contribution in [0.25, 0.3) is 10.8 Å². The maximum absolute atomic E-state index is 12.3. The first-order chi connectivity index (χ1) is 10.3. The monoisotopic (exact) mass is 275 g/mol. The summed E-state index contributed by atoms with van der Waals surface area (Å²) in [5.74, 6) is -0.191. The predicted molar refractivity (Wildman–Crippen MR) is 83.7 cm³/mol. The predicted octanol–water partition coefficient (Wildman–Crippen LogP) is 3.90. The number of aldehydes is 1. The van der Waals surface area contributed by atoms with E-state index in [0.29, 0.717) is 16.8 Å². The van der Waals surface area contributed by atoms with E-state index < -0.39 is 0 Å². The molecule has 1 amide bonds. The fourth-order valence-electron chi connectivity index (χ4n) is 2.29. The fourth-order valence-corrected chi connectivity index (χ4v) is 2.29. The van der Waals surface area contributed by atoms with Crippen LogP contribution in [-0.2, 0) is 0 Å². The number of carbonyl (C=O) groups is 2. The second-order valence-corrected chi connectivity index (χ2v) is 4.73. The van der Waals surface area contributed by atoms with Gasteiger partial charge in [-0.3, -0.25) is 9.59 Å². The Bertz CT molecular complexity index is 810. The number of fused-ring (bicyclic) bond motifs is 1. The van der Waals surface area contributed by atoms with Crippen LogP contribution in [0, 0.1) is 0 Å². The molecule has 3 aromatic rings. The molecule has 3 aromatic carbocycles. The number of hydrogen-bond donors (Lipinski definition) is 1. The molecule has 1 N–H and O–H groups in total. The molecule has 0 radical (unpaired) electrons. The van der Waals surface area contributed by atoms with Gasteiger partial charge in [-0.05, 0) is 29.7 Å². The van der Waals surface area contributed by atoms with E-state index in [4.69, 9.17) is 0 Å². The van der Waals surface area contributed by atoms with E-state index in [2.05, 4.69) is 5.32 Å². The Morgan fingerprint density at radius 3 is 2.38 bits per heavy atom. The van der Waals surface area contributed by atoms with Crippen molar-refractivity contribution in [1.82, 2.24) is 0 Å². The van der Waals surface area contributed by atoms with Crippen molar-refractivity contribution in [1.29, 1.82) is 0 Å². The Morgan fingerprint density at radius 2 is 1.62 bits per heavy atom. The van der Waals surface area contributed by atoms with Crippen LogP contribution in [0.4, 0.5) is 5.69 Å². The minimum atomic E-state index is -0.191. The van der Waals surface area contributed by atoms with Gasteiger partial charge in [0.05, 0.1) is 0 Å². The van der Waals surface area contributed by atoms with Gasteiger partial charge in [0.2, 0.25) is 0 Å². The number of carbonyl (C=O) groups excluding carboxylic acids is 2. The quantitative estimate of drug-likeness (QED) is 0.737. The van der Waals surface area contributed by atoms with E-state index in [1.54, 1.807) is 24.3 Å². The largest absolute Gasteiger partial charge is 0.321 e. The summed E-state index contributed by atoms with van der Waals surface area (Å²) < 4.78 is 0. The number of nitrogens with one attached hydrogen (secondary N) is 1. The van der Waals surface area contributed by atoms with Crippen molar-refractivity contribution in [3.8, 4) is 0 Å². The zero-order valence-corrected chi connectivity index (χ0v) is 11.2. The highest BCUT2D eigenvalue weighted by atomic mass is 16.1. The van der Waals surface area contributed by atoms with Crippen LogP contribution >= 0.6 is 0 Å². The summed E-state index contributed by atoms with van der Waals surface area (Å²) in [5.41, 5.74) is 1.76. The number of amides is 1. The smallest absolute Gasteiger partial charge is 0.255 e. The van der Waals surface area contributed by atoms with Crippen molar-refractivity contribution < 1.29 is 9.59 Å². The average Bonchev–Trinajstić information content (AvgIpc) is 2.55. The van der Waals surface area contributed by atoms with E-state index >= 15 is 0 Å². The van der Waals surface area contributed by atoms with Gasteiger partial charge in [0.1, 0.15) is 6.29 Å². The summed E-state index contributed by atoms with van der Waals surface area (Å²) in [6.07, 6.45) is 0.782. The molecule has 3 nitrogen and oxygen atoms in total. The Balaban J connectivity index is 2.04. The Hall–Kier alpha value is -2.94. The lowest BCUT2D eigenvalue weighted by Gasteiger charge is -2.10. The third kappa shape index (κ3) is 2.67. The minimum absolute atomic E-state index is 0.191. The lowest BCUT2D eigenvalue weighted by molar-refractivity contribution is 0.102. The highest BCUT2D eigenvalue weighted by Gasteiger charge is 2.09. The topological polar surface area (TPSA) is 46.2 Å². The third-order valence-corrected chi connectivity index (χ3v) is 3.30. The average molecular weight is 275 g/mol. The summed E-state index contributed by atoms with van der Waals surface area (Å²) in [5, 5.41) is 4.71. The van der Waals surface area contributed by atoms with E-state index in [1.807, 2.05) is 42.5 Å². The Morgan fingerprint density at radius 1 is 0.905 bits per heavy atom. The molecule has 0 heterocycles. The van der Waals surface area contributed by atoms with Crippen LogP contribution in [0.5, 0.6) is 0 Å². The molecule has 0 aliphatic carbocycles. The van der Waals surface area contributed by atoms with Gasteiger partial charge in [-0.25, -0.2) is 0 Å². The molecule has 0 spiro atoms. The minimum Gasteiger partial charge on any atom is -0.321 e. The molecule has 0 saturated heterocycles. The standard InChI is InChI=1S/C18H13NO2/c20-12-13-10-15-8-4-5-9-16(15)17(11-13)19-18(21)14-6-2-1-3-7-14/h1-12H,(H,19,21). The van der Waals surface area contributed by atoms with Gasteiger partial charge in [-0.15, -0.1) is 0 Å². The maximum atomic E-state index is 12.3. The first-order valence-electron chi connectivity index (χ1n) is 6.62. The number of hydrogen-bond acceptors (Lipinski definition) is 2. The van der Waals surface area contributed by atoms with Gasteiger partial charge >= 0.3 is 0 Å². The van der Waals surface area contributed by atoms with Gasteiger partial charge in [0.25, 0.3) is 5.91 Å².